The van der Waals surface area contributed by atoms with E-state index < -0.39 is 0 Å². The van der Waals surface area contributed by atoms with Gasteiger partial charge in [0, 0.05) is 10.4 Å². The van der Waals surface area contributed by atoms with Gasteiger partial charge in [0.15, 0.2) is 0 Å². The largest absolute Gasteiger partial charge is 0.390 e. The van der Waals surface area contributed by atoms with Crippen molar-refractivity contribution >= 4 is 15.9 Å². The molecule has 4 nitrogen and oxygen atoms in total. The van der Waals surface area contributed by atoms with Gasteiger partial charge in [0.1, 0.15) is 5.69 Å². The fraction of sp³-hybridized carbons (Fsp3) is 0.385. The standard InChI is InChI=1S/C13H14BrN3O/c14-11-4-2-1-3-10(11)7-17-13(9-5-6-9)12(8-18)15-16-17/h1-4,9,18H,5-8H2. The Labute approximate surface area is 114 Å². The lowest BCUT2D eigenvalue weighted by Gasteiger charge is -2.08. The number of nitrogens with zero attached hydrogens (tertiary/aromatic N) is 3. The van der Waals surface area contributed by atoms with Crippen LogP contribution in [-0.4, -0.2) is 20.1 Å². The molecule has 0 unspecified atom stereocenters. The molecule has 1 N–H and O–H groups in total. The topological polar surface area (TPSA) is 50.9 Å². The van der Waals surface area contributed by atoms with Crippen LogP contribution in [0, 0.1) is 0 Å². The van der Waals surface area contributed by atoms with Gasteiger partial charge in [-0.1, -0.05) is 39.3 Å². The van der Waals surface area contributed by atoms with E-state index in [1.807, 2.05) is 22.9 Å². The number of hydrogen-bond donors (Lipinski definition) is 1. The minimum atomic E-state index is -0.0260. The predicted molar refractivity (Wildman–Crippen MR) is 71.2 cm³/mol. The highest BCUT2D eigenvalue weighted by Crippen LogP contribution is 2.41. The molecule has 0 radical (unpaired) electrons. The van der Waals surface area contributed by atoms with Gasteiger partial charge in [-0.25, -0.2) is 4.68 Å². The number of aromatic nitrogens is 3. The molecule has 0 bridgehead atoms. The molecule has 1 aliphatic carbocycles. The zero-order valence-corrected chi connectivity index (χ0v) is 11.5. The fourth-order valence-electron chi connectivity index (χ4n) is 2.18. The molecule has 1 aromatic heterocycles. The Morgan fingerprint density at radius 2 is 2.11 bits per heavy atom. The van der Waals surface area contributed by atoms with Gasteiger partial charge in [0.05, 0.1) is 18.8 Å². The van der Waals surface area contributed by atoms with Crippen molar-refractivity contribution in [3.05, 3.63) is 45.7 Å². The van der Waals surface area contributed by atoms with Gasteiger partial charge in [-0.2, -0.15) is 0 Å². The minimum Gasteiger partial charge on any atom is -0.390 e. The number of rotatable bonds is 4. The molecule has 3 rings (SSSR count). The lowest BCUT2D eigenvalue weighted by Crippen LogP contribution is -2.07. The molecule has 0 spiro atoms. The highest BCUT2D eigenvalue weighted by atomic mass is 79.9. The van der Waals surface area contributed by atoms with Crippen LogP contribution >= 0.6 is 15.9 Å². The molecule has 1 aromatic carbocycles. The molecule has 0 amide bonds. The van der Waals surface area contributed by atoms with Crippen LogP contribution in [0.4, 0.5) is 0 Å². The molecule has 1 fully saturated rings. The number of benzene rings is 1. The van der Waals surface area contributed by atoms with Crippen molar-refractivity contribution in [1.29, 1.82) is 0 Å². The zero-order valence-electron chi connectivity index (χ0n) is 9.88. The van der Waals surface area contributed by atoms with Gasteiger partial charge in [0.25, 0.3) is 0 Å². The second-order valence-electron chi connectivity index (χ2n) is 4.60. The van der Waals surface area contributed by atoms with Gasteiger partial charge < -0.3 is 5.11 Å². The van der Waals surface area contributed by atoms with Crippen LogP contribution in [0.3, 0.4) is 0 Å². The Morgan fingerprint density at radius 3 is 2.78 bits per heavy atom. The summed E-state index contributed by atoms with van der Waals surface area (Å²) in [5.74, 6) is 0.532. The molecule has 0 saturated heterocycles. The van der Waals surface area contributed by atoms with Gasteiger partial charge >= 0.3 is 0 Å². The van der Waals surface area contributed by atoms with Gasteiger partial charge in [-0.15, -0.1) is 5.10 Å². The van der Waals surface area contributed by atoms with Crippen LogP contribution in [0.2, 0.25) is 0 Å². The first-order chi connectivity index (χ1) is 8.79. The summed E-state index contributed by atoms with van der Waals surface area (Å²) in [6, 6.07) is 8.10. The van der Waals surface area contributed by atoms with Crippen LogP contribution in [0.15, 0.2) is 28.7 Å². The van der Waals surface area contributed by atoms with Gasteiger partial charge in [0.2, 0.25) is 0 Å². The molecule has 18 heavy (non-hydrogen) atoms. The van der Waals surface area contributed by atoms with E-state index in [0.717, 1.165) is 15.9 Å². The number of aliphatic hydroxyl groups excluding tert-OH is 1. The van der Waals surface area contributed by atoms with Gasteiger partial charge in [-0.3, -0.25) is 0 Å². The predicted octanol–water partition coefficient (Wildman–Crippen LogP) is 2.46. The van der Waals surface area contributed by atoms with E-state index in [-0.39, 0.29) is 6.61 Å². The Bertz CT molecular complexity index is 563. The van der Waals surface area contributed by atoms with E-state index in [4.69, 9.17) is 0 Å². The summed E-state index contributed by atoms with van der Waals surface area (Å²) in [4.78, 5) is 0. The van der Waals surface area contributed by atoms with Gasteiger partial charge in [-0.05, 0) is 24.5 Å². The van der Waals surface area contributed by atoms with Crippen molar-refractivity contribution < 1.29 is 5.11 Å². The quantitative estimate of drug-likeness (QED) is 0.944. The van der Waals surface area contributed by atoms with Crippen molar-refractivity contribution in [1.82, 2.24) is 15.0 Å². The van der Waals surface area contributed by atoms with Crippen molar-refractivity contribution in [2.75, 3.05) is 0 Å². The SMILES string of the molecule is OCc1nnn(Cc2ccccc2Br)c1C1CC1. The average Bonchev–Trinajstić information content (AvgIpc) is 3.14. The summed E-state index contributed by atoms with van der Waals surface area (Å²) in [6.07, 6.45) is 2.35. The van der Waals surface area contributed by atoms with Crippen LogP contribution in [-0.2, 0) is 13.2 Å². The molecule has 2 aromatic rings. The van der Waals surface area contributed by atoms with E-state index in [0.29, 0.717) is 12.5 Å². The molecule has 0 aliphatic heterocycles. The summed E-state index contributed by atoms with van der Waals surface area (Å²) in [7, 11) is 0. The molecule has 0 atom stereocenters. The van der Waals surface area contributed by atoms with E-state index in [2.05, 4.69) is 32.3 Å². The maximum absolute atomic E-state index is 9.30. The first-order valence-corrected chi connectivity index (χ1v) is 6.85. The molecule has 1 aliphatic rings. The Hall–Kier alpha value is -1.20. The molecule has 94 valence electrons. The monoisotopic (exact) mass is 307 g/mol. The van der Waals surface area contributed by atoms with Crippen molar-refractivity contribution in [3.8, 4) is 0 Å². The third-order valence-electron chi connectivity index (χ3n) is 3.24. The highest BCUT2D eigenvalue weighted by molar-refractivity contribution is 9.10. The van der Waals surface area contributed by atoms with Crippen LogP contribution in [0.25, 0.3) is 0 Å². The summed E-state index contributed by atoms with van der Waals surface area (Å²) in [5, 5.41) is 17.5. The summed E-state index contributed by atoms with van der Waals surface area (Å²) < 4.78 is 3.00. The molecule has 5 heteroatoms. The van der Waals surface area contributed by atoms with Crippen molar-refractivity contribution in [3.63, 3.8) is 0 Å². The normalized spacial score (nSPS) is 15.0. The lowest BCUT2D eigenvalue weighted by atomic mass is 10.2. The van der Waals surface area contributed by atoms with E-state index in [9.17, 15) is 5.11 Å². The molecular formula is C13H14BrN3O. The van der Waals surface area contributed by atoms with E-state index in [1.165, 1.54) is 18.4 Å². The first-order valence-electron chi connectivity index (χ1n) is 6.06. The molecule has 1 heterocycles. The van der Waals surface area contributed by atoms with Crippen molar-refractivity contribution in [2.45, 2.75) is 31.9 Å². The Balaban J connectivity index is 1.93. The lowest BCUT2D eigenvalue weighted by molar-refractivity contribution is 0.275. The van der Waals surface area contributed by atoms with Crippen LogP contribution < -0.4 is 0 Å². The fourth-order valence-corrected chi connectivity index (χ4v) is 2.59. The minimum absolute atomic E-state index is 0.0260. The second kappa shape index (κ2) is 4.82. The summed E-state index contributed by atoms with van der Waals surface area (Å²) >= 11 is 3.54. The van der Waals surface area contributed by atoms with E-state index >= 15 is 0 Å². The molecule has 1 saturated carbocycles. The first kappa shape index (κ1) is 11.9. The second-order valence-corrected chi connectivity index (χ2v) is 5.46. The highest BCUT2D eigenvalue weighted by Gasteiger charge is 2.31. The van der Waals surface area contributed by atoms with E-state index in [1.54, 1.807) is 0 Å². The maximum Gasteiger partial charge on any atom is 0.112 e. The number of halogens is 1. The third-order valence-corrected chi connectivity index (χ3v) is 4.01. The average molecular weight is 308 g/mol. The Morgan fingerprint density at radius 1 is 1.33 bits per heavy atom. The zero-order chi connectivity index (χ0) is 12.5. The van der Waals surface area contributed by atoms with Crippen molar-refractivity contribution in [2.24, 2.45) is 0 Å². The number of hydrogen-bond acceptors (Lipinski definition) is 3. The van der Waals surface area contributed by atoms with Crippen LogP contribution in [0.5, 0.6) is 0 Å². The molecular weight excluding hydrogens is 294 g/mol. The summed E-state index contributed by atoms with van der Waals surface area (Å²) in [6.45, 7) is 0.669. The third kappa shape index (κ3) is 2.20. The maximum atomic E-state index is 9.30. The number of aliphatic hydroxyl groups is 1. The Kier molecular flexibility index (Phi) is 3.18. The smallest absolute Gasteiger partial charge is 0.112 e. The summed E-state index contributed by atoms with van der Waals surface area (Å²) in [5.41, 5.74) is 3.01. The van der Waals surface area contributed by atoms with Crippen LogP contribution in [0.1, 0.15) is 35.7 Å².